The van der Waals surface area contributed by atoms with E-state index in [1.54, 1.807) is 23.7 Å². The van der Waals surface area contributed by atoms with Crippen molar-refractivity contribution in [2.24, 2.45) is 0 Å². The van der Waals surface area contributed by atoms with E-state index in [0.717, 1.165) is 10.5 Å². The maximum atomic E-state index is 11.9. The molecule has 1 aromatic rings. The zero-order valence-corrected chi connectivity index (χ0v) is 12.1. The summed E-state index contributed by atoms with van der Waals surface area (Å²) in [6.07, 6.45) is -2.39. The van der Waals surface area contributed by atoms with Gasteiger partial charge in [-0.05, 0) is 31.0 Å². The summed E-state index contributed by atoms with van der Waals surface area (Å²) in [5.41, 5.74) is 1.01. The van der Waals surface area contributed by atoms with Gasteiger partial charge in [-0.25, -0.2) is 0 Å². The maximum absolute atomic E-state index is 11.9. The van der Waals surface area contributed by atoms with Crippen molar-refractivity contribution in [1.29, 1.82) is 0 Å². The summed E-state index contributed by atoms with van der Waals surface area (Å²) in [5, 5.41) is 1.85. The highest BCUT2D eigenvalue weighted by Crippen LogP contribution is 2.15. The van der Waals surface area contributed by atoms with Gasteiger partial charge in [-0.3, -0.25) is 9.69 Å². The summed E-state index contributed by atoms with van der Waals surface area (Å²) in [7, 11) is 1.69. The van der Waals surface area contributed by atoms with Gasteiger partial charge in [0.05, 0.1) is 6.54 Å². The summed E-state index contributed by atoms with van der Waals surface area (Å²) >= 11 is 1.63. The molecule has 0 saturated heterocycles. The van der Waals surface area contributed by atoms with E-state index in [9.17, 15) is 18.0 Å². The fourth-order valence-electron chi connectivity index (χ4n) is 1.60. The van der Waals surface area contributed by atoms with E-state index in [0.29, 0.717) is 6.54 Å². The molecule has 20 heavy (non-hydrogen) atoms. The Morgan fingerprint density at radius 3 is 2.40 bits per heavy atom. The molecule has 0 fully saturated rings. The summed E-state index contributed by atoms with van der Waals surface area (Å²) in [6.45, 7) is -0.851. The largest absolute Gasteiger partial charge is 0.405 e. The number of carbonyl (C=O) groups is 1. The molecule has 7 heteroatoms. The van der Waals surface area contributed by atoms with Crippen molar-refractivity contribution in [3.63, 3.8) is 0 Å². The van der Waals surface area contributed by atoms with E-state index in [4.69, 9.17) is 0 Å². The van der Waals surface area contributed by atoms with E-state index in [1.165, 1.54) is 0 Å². The molecule has 0 aliphatic rings. The van der Waals surface area contributed by atoms with E-state index < -0.39 is 18.6 Å². The predicted molar refractivity (Wildman–Crippen MR) is 73.6 cm³/mol. The standard InChI is InChI=1S/C13H17F3N2OS/c1-18(8-12(19)17-9-13(14,15)16)7-10-3-5-11(20-2)6-4-10/h3-6H,7-9H2,1-2H3,(H,17,19). The molecule has 1 rings (SSSR count). The van der Waals surface area contributed by atoms with E-state index >= 15 is 0 Å². The van der Waals surface area contributed by atoms with Gasteiger partial charge in [0, 0.05) is 11.4 Å². The Morgan fingerprint density at radius 1 is 1.30 bits per heavy atom. The molecule has 0 atom stereocenters. The molecule has 0 aliphatic carbocycles. The zero-order valence-electron chi connectivity index (χ0n) is 11.3. The fraction of sp³-hybridized carbons (Fsp3) is 0.462. The predicted octanol–water partition coefficient (Wildman–Crippen LogP) is 2.52. The number of benzene rings is 1. The van der Waals surface area contributed by atoms with Crippen molar-refractivity contribution in [2.75, 3.05) is 26.4 Å². The molecule has 112 valence electrons. The Hall–Kier alpha value is -1.21. The molecule has 0 unspecified atom stereocenters. The van der Waals surface area contributed by atoms with Gasteiger partial charge in [0.15, 0.2) is 0 Å². The first-order valence-electron chi connectivity index (χ1n) is 5.95. The molecule has 0 bridgehead atoms. The Bertz CT molecular complexity index is 434. The minimum absolute atomic E-state index is 0.0691. The normalized spacial score (nSPS) is 11.7. The van der Waals surface area contributed by atoms with Crippen LogP contribution in [0.1, 0.15) is 5.56 Å². The lowest BCUT2D eigenvalue weighted by Gasteiger charge is -2.17. The third-order valence-electron chi connectivity index (χ3n) is 2.51. The van der Waals surface area contributed by atoms with Gasteiger partial charge < -0.3 is 5.32 Å². The summed E-state index contributed by atoms with van der Waals surface area (Å²) < 4.78 is 35.8. The topological polar surface area (TPSA) is 32.3 Å². The lowest BCUT2D eigenvalue weighted by Crippen LogP contribution is -2.39. The molecule has 1 aromatic carbocycles. The fourth-order valence-corrected chi connectivity index (χ4v) is 2.01. The highest BCUT2D eigenvalue weighted by Gasteiger charge is 2.27. The Morgan fingerprint density at radius 2 is 1.90 bits per heavy atom. The maximum Gasteiger partial charge on any atom is 0.405 e. The molecule has 0 saturated carbocycles. The van der Waals surface area contributed by atoms with Crippen LogP contribution in [0.5, 0.6) is 0 Å². The van der Waals surface area contributed by atoms with Gasteiger partial charge in [0.2, 0.25) is 5.91 Å². The number of rotatable bonds is 6. The average molecular weight is 306 g/mol. The van der Waals surface area contributed by atoms with Gasteiger partial charge in [-0.2, -0.15) is 13.2 Å². The molecule has 0 heterocycles. The third kappa shape index (κ3) is 6.81. The second kappa shape index (κ2) is 7.54. The average Bonchev–Trinajstić information content (AvgIpc) is 2.36. The number of alkyl halides is 3. The van der Waals surface area contributed by atoms with E-state index in [2.05, 4.69) is 0 Å². The van der Waals surface area contributed by atoms with Crippen LogP contribution >= 0.6 is 11.8 Å². The molecule has 0 radical (unpaired) electrons. The zero-order chi connectivity index (χ0) is 15.2. The van der Waals surface area contributed by atoms with Gasteiger partial charge >= 0.3 is 6.18 Å². The number of hydrogen-bond donors (Lipinski definition) is 1. The molecule has 0 aromatic heterocycles. The van der Waals surface area contributed by atoms with Gasteiger partial charge in [-0.15, -0.1) is 11.8 Å². The molecule has 1 amide bonds. The highest BCUT2D eigenvalue weighted by atomic mass is 32.2. The number of halogens is 3. The van der Waals surface area contributed by atoms with Crippen LogP contribution in [0.3, 0.4) is 0 Å². The van der Waals surface area contributed by atoms with Crippen molar-refractivity contribution < 1.29 is 18.0 Å². The minimum atomic E-state index is -4.37. The summed E-state index contributed by atoms with van der Waals surface area (Å²) in [6, 6.07) is 7.82. The number of carbonyl (C=O) groups excluding carboxylic acids is 1. The number of nitrogens with zero attached hydrogens (tertiary/aromatic N) is 1. The quantitative estimate of drug-likeness (QED) is 0.820. The molecule has 0 aliphatic heterocycles. The van der Waals surface area contributed by atoms with Crippen LogP contribution in [0.2, 0.25) is 0 Å². The number of amides is 1. The van der Waals surface area contributed by atoms with Crippen LogP contribution < -0.4 is 5.32 Å². The smallest absolute Gasteiger partial charge is 0.346 e. The lowest BCUT2D eigenvalue weighted by atomic mass is 10.2. The first-order chi connectivity index (χ1) is 9.30. The number of thioether (sulfide) groups is 1. The van der Waals surface area contributed by atoms with Crippen LogP contribution in [0, 0.1) is 0 Å². The van der Waals surface area contributed by atoms with Crippen molar-refractivity contribution in [1.82, 2.24) is 10.2 Å². The Labute approximate surface area is 120 Å². The second-order valence-corrected chi connectivity index (χ2v) is 5.29. The van der Waals surface area contributed by atoms with E-state index in [-0.39, 0.29) is 6.54 Å². The molecular weight excluding hydrogens is 289 g/mol. The van der Waals surface area contributed by atoms with Crippen LogP contribution in [0.25, 0.3) is 0 Å². The van der Waals surface area contributed by atoms with Gasteiger partial charge in [0.25, 0.3) is 0 Å². The summed E-state index contributed by atoms with van der Waals surface area (Å²) in [4.78, 5) is 14.1. The van der Waals surface area contributed by atoms with Crippen molar-refractivity contribution >= 4 is 17.7 Å². The second-order valence-electron chi connectivity index (χ2n) is 4.41. The van der Waals surface area contributed by atoms with Crippen LogP contribution in [0.4, 0.5) is 13.2 Å². The number of likely N-dealkylation sites (N-methyl/N-ethyl adjacent to an activating group) is 1. The molecule has 0 spiro atoms. The van der Waals surface area contributed by atoms with Crippen LogP contribution in [0.15, 0.2) is 29.2 Å². The highest BCUT2D eigenvalue weighted by molar-refractivity contribution is 7.98. The molecule has 1 N–H and O–H groups in total. The Kier molecular flexibility index (Phi) is 6.35. The first kappa shape index (κ1) is 16.8. The first-order valence-corrected chi connectivity index (χ1v) is 7.17. The Balaban J connectivity index is 2.38. The number of nitrogens with one attached hydrogen (secondary N) is 1. The number of hydrogen-bond acceptors (Lipinski definition) is 3. The monoisotopic (exact) mass is 306 g/mol. The summed E-state index contributed by atoms with van der Waals surface area (Å²) in [5.74, 6) is -0.634. The SMILES string of the molecule is CSc1ccc(CN(C)CC(=O)NCC(F)(F)F)cc1. The van der Waals surface area contributed by atoms with Gasteiger partial charge in [0.1, 0.15) is 6.54 Å². The van der Waals surface area contributed by atoms with Crippen molar-refractivity contribution in [2.45, 2.75) is 17.6 Å². The van der Waals surface area contributed by atoms with Crippen molar-refractivity contribution in [3.8, 4) is 0 Å². The molecular formula is C13H17F3N2OS. The lowest BCUT2D eigenvalue weighted by molar-refractivity contribution is -0.138. The van der Waals surface area contributed by atoms with Gasteiger partial charge in [-0.1, -0.05) is 12.1 Å². The van der Waals surface area contributed by atoms with E-state index in [1.807, 2.05) is 35.8 Å². The third-order valence-corrected chi connectivity index (χ3v) is 3.25. The van der Waals surface area contributed by atoms with Crippen LogP contribution in [-0.2, 0) is 11.3 Å². The van der Waals surface area contributed by atoms with Crippen molar-refractivity contribution in [3.05, 3.63) is 29.8 Å². The molecule has 3 nitrogen and oxygen atoms in total. The minimum Gasteiger partial charge on any atom is -0.346 e. The van der Waals surface area contributed by atoms with Crippen LogP contribution in [-0.4, -0.2) is 43.4 Å².